The van der Waals surface area contributed by atoms with E-state index in [2.05, 4.69) is 22.3 Å². The van der Waals surface area contributed by atoms with Crippen molar-refractivity contribution in [2.24, 2.45) is 0 Å². The van der Waals surface area contributed by atoms with Crippen LogP contribution in [0.25, 0.3) is 0 Å². The molecule has 1 amide bonds. The highest BCUT2D eigenvalue weighted by molar-refractivity contribution is 7.89. The van der Waals surface area contributed by atoms with Crippen LogP contribution in [-0.4, -0.2) is 27.5 Å². The average molecular weight is 645 g/mol. The molecule has 226 valence electrons. The van der Waals surface area contributed by atoms with E-state index in [0.717, 1.165) is 42.3 Å². The molecule has 4 rings (SSSR count). The fourth-order valence-corrected chi connectivity index (χ4v) is 6.45. The molecule has 0 saturated carbocycles. The lowest BCUT2D eigenvalue weighted by atomic mass is 9.98. The van der Waals surface area contributed by atoms with E-state index >= 15 is 0 Å². The molecular weight excluding hydrogens is 614 g/mol. The zero-order chi connectivity index (χ0) is 30.5. The monoisotopic (exact) mass is 643 g/mol. The first-order valence-electron chi connectivity index (χ1n) is 13.3. The Hall–Kier alpha value is -2.83. The summed E-state index contributed by atoms with van der Waals surface area (Å²) in [5, 5.41) is 6.67. The van der Waals surface area contributed by atoms with E-state index in [1.54, 1.807) is 0 Å². The lowest BCUT2D eigenvalue weighted by Gasteiger charge is -2.28. The summed E-state index contributed by atoms with van der Waals surface area (Å²) in [5.41, 5.74) is 0.986. The normalized spacial score (nSPS) is 15.9. The third kappa shape index (κ3) is 8.38. The van der Waals surface area contributed by atoms with Gasteiger partial charge in [0, 0.05) is 35.0 Å². The highest BCUT2D eigenvalue weighted by Crippen LogP contribution is 2.34. The van der Waals surface area contributed by atoms with Gasteiger partial charge in [-0.1, -0.05) is 48.3 Å². The van der Waals surface area contributed by atoms with Crippen molar-refractivity contribution >= 4 is 39.1 Å². The van der Waals surface area contributed by atoms with Gasteiger partial charge < -0.3 is 15.4 Å². The van der Waals surface area contributed by atoms with Crippen LogP contribution in [0, 0.1) is 0 Å². The molecule has 0 radical (unpaired) electrons. The summed E-state index contributed by atoms with van der Waals surface area (Å²) < 4.78 is 74.4. The maximum absolute atomic E-state index is 13.3. The van der Waals surface area contributed by atoms with Crippen molar-refractivity contribution in [2.75, 3.05) is 13.2 Å². The molecule has 3 aromatic carbocycles. The van der Waals surface area contributed by atoms with Crippen LogP contribution in [0.4, 0.5) is 13.2 Å². The van der Waals surface area contributed by atoms with Gasteiger partial charge >= 0.3 is 6.18 Å². The van der Waals surface area contributed by atoms with Gasteiger partial charge in [0.05, 0.1) is 29.1 Å². The summed E-state index contributed by atoms with van der Waals surface area (Å²) in [6, 6.07) is 11.9. The number of ether oxygens (including phenoxy) is 1. The van der Waals surface area contributed by atoms with Gasteiger partial charge in [-0.25, -0.2) is 13.1 Å². The number of carbonyl (C=O) groups is 1. The van der Waals surface area contributed by atoms with Crippen LogP contribution >= 0.6 is 23.2 Å². The Bertz CT molecular complexity index is 1520. The molecule has 3 aromatic rings. The second kappa shape index (κ2) is 13.6. The Balaban J connectivity index is 1.56. The number of benzene rings is 3. The van der Waals surface area contributed by atoms with Crippen LogP contribution in [0.5, 0.6) is 5.75 Å². The van der Waals surface area contributed by atoms with Crippen molar-refractivity contribution in [3.8, 4) is 5.75 Å². The van der Waals surface area contributed by atoms with Gasteiger partial charge in [-0.05, 0) is 66.6 Å². The zero-order valence-corrected chi connectivity index (χ0v) is 24.9. The molecule has 0 bridgehead atoms. The van der Waals surface area contributed by atoms with Gasteiger partial charge in [-0.2, -0.15) is 13.2 Å². The predicted octanol–water partition coefficient (Wildman–Crippen LogP) is 6.56. The number of nitrogens with one attached hydrogen (secondary N) is 3. The first-order valence-corrected chi connectivity index (χ1v) is 15.5. The quantitative estimate of drug-likeness (QED) is 0.206. The van der Waals surface area contributed by atoms with Crippen molar-refractivity contribution in [3.05, 3.63) is 93.0 Å². The minimum Gasteiger partial charge on any atom is -0.493 e. The Morgan fingerprint density at radius 1 is 1.07 bits per heavy atom. The molecule has 2 atom stereocenters. The van der Waals surface area contributed by atoms with Crippen LogP contribution in [0.1, 0.15) is 60.5 Å². The topological polar surface area (TPSA) is 96.5 Å². The summed E-state index contributed by atoms with van der Waals surface area (Å²) in [6.07, 6.45) is -3.61. The number of fused-ring (bicyclic) bond motifs is 1. The maximum Gasteiger partial charge on any atom is 0.416 e. The highest BCUT2D eigenvalue weighted by Gasteiger charge is 2.33. The lowest BCUT2D eigenvalue weighted by Crippen LogP contribution is -2.36. The molecule has 1 heterocycles. The minimum absolute atomic E-state index is 0.198. The van der Waals surface area contributed by atoms with E-state index < -0.39 is 38.6 Å². The Morgan fingerprint density at radius 2 is 1.81 bits per heavy atom. The van der Waals surface area contributed by atoms with Crippen molar-refractivity contribution in [3.63, 3.8) is 0 Å². The SMILES string of the molecule is CCCNCc1ccc2c(c1)OCC[C@H]2NC(=O)CC(NS(=O)(=O)c1cccc(C(F)(F)F)c1)c1cc(Cl)cc(Cl)c1. The smallest absolute Gasteiger partial charge is 0.416 e. The number of hydrogen-bond acceptors (Lipinski definition) is 5. The molecule has 1 unspecified atom stereocenters. The standard InChI is InChI=1S/C29H30Cl2F3N3O4S/c1-2-9-35-17-18-6-7-24-25(8-10-41-27(24)11-18)36-28(38)16-26(19-12-21(30)15-22(31)13-19)37-42(39,40)23-5-3-4-20(14-23)29(32,33)34/h3-7,11-15,25-26,35,37H,2,8-10,16-17H2,1H3,(H,36,38)/t25-,26?/m1/s1. The Labute approximate surface area is 252 Å². The van der Waals surface area contributed by atoms with E-state index in [1.165, 1.54) is 18.2 Å². The van der Waals surface area contributed by atoms with E-state index in [0.29, 0.717) is 31.4 Å². The molecule has 0 aliphatic carbocycles. The van der Waals surface area contributed by atoms with Gasteiger partial charge in [-0.15, -0.1) is 0 Å². The molecule has 13 heteroatoms. The Kier molecular flexibility index (Phi) is 10.4. The van der Waals surface area contributed by atoms with Crippen LogP contribution in [0.2, 0.25) is 10.0 Å². The van der Waals surface area contributed by atoms with Crippen LogP contribution in [0.3, 0.4) is 0 Å². The number of rotatable bonds is 11. The highest BCUT2D eigenvalue weighted by atomic mass is 35.5. The number of carbonyl (C=O) groups excluding carboxylic acids is 1. The van der Waals surface area contributed by atoms with E-state index in [1.807, 2.05) is 18.2 Å². The predicted molar refractivity (Wildman–Crippen MR) is 155 cm³/mol. The summed E-state index contributed by atoms with van der Waals surface area (Å²) in [7, 11) is -4.50. The van der Waals surface area contributed by atoms with Crippen molar-refractivity contribution in [1.82, 2.24) is 15.4 Å². The lowest BCUT2D eigenvalue weighted by molar-refractivity contribution is -0.137. The summed E-state index contributed by atoms with van der Waals surface area (Å²) >= 11 is 12.3. The fourth-order valence-electron chi connectivity index (χ4n) is 4.64. The van der Waals surface area contributed by atoms with Gasteiger partial charge in [-0.3, -0.25) is 4.79 Å². The molecule has 1 aliphatic heterocycles. The molecule has 3 N–H and O–H groups in total. The molecule has 0 fully saturated rings. The maximum atomic E-state index is 13.3. The van der Waals surface area contributed by atoms with E-state index in [-0.39, 0.29) is 28.1 Å². The van der Waals surface area contributed by atoms with Gasteiger partial charge in [0.15, 0.2) is 0 Å². The van der Waals surface area contributed by atoms with Crippen LogP contribution in [0.15, 0.2) is 65.6 Å². The summed E-state index contributed by atoms with van der Waals surface area (Å²) in [6.45, 7) is 4.02. The molecule has 7 nitrogen and oxygen atoms in total. The first-order chi connectivity index (χ1) is 19.9. The van der Waals surface area contributed by atoms with Crippen molar-refractivity contribution in [2.45, 2.75) is 55.9 Å². The Morgan fingerprint density at radius 3 is 2.50 bits per heavy atom. The fraction of sp³-hybridized carbons (Fsp3) is 0.345. The molecular formula is C29H30Cl2F3N3O4S. The summed E-state index contributed by atoms with van der Waals surface area (Å²) in [4.78, 5) is 12.7. The number of sulfonamides is 1. The zero-order valence-electron chi connectivity index (χ0n) is 22.6. The number of halogens is 5. The van der Waals surface area contributed by atoms with Crippen LogP contribution in [-0.2, 0) is 27.5 Å². The second-order valence-corrected chi connectivity index (χ2v) is 12.5. The number of hydrogen-bond donors (Lipinski definition) is 3. The van der Waals surface area contributed by atoms with Crippen molar-refractivity contribution < 1.29 is 31.1 Å². The number of amides is 1. The van der Waals surface area contributed by atoms with E-state index in [9.17, 15) is 26.4 Å². The number of alkyl halides is 3. The van der Waals surface area contributed by atoms with Gasteiger partial charge in [0.1, 0.15) is 5.75 Å². The third-order valence-electron chi connectivity index (χ3n) is 6.65. The molecule has 0 saturated heterocycles. The summed E-state index contributed by atoms with van der Waals surface area (Å²) in [5.74, 6) is 0.167. The van der Waals surface area contributed by atoms with Gasteiger partial charge in [0.2, 0.25) is 15.9 Å². The van der Waals surface area contributed by atoms with Crippen molar-refractivity contribution in [1.29, 1.82) is 0 Å². The minimum atomic E-state index is -4.74. The average Bonchev–Trinajstić information content (AvgIpc) is 2.92. The molecule has 0 spiro atoms. The van der Waals surface area contributed by atoms with E-state index in [4.69, 9.17) is 27.9 Å². The third-order valence-corrected chi connectivity index (χ3v) is 8.56. The first kappa shape index (κ1) is 32.1. The molecule has 0 aromatic heterocycles. The largest absolute Gasteiger partial charge is 0.493 e. The molecule has 1 aliphatic rings. The second-order valence-electron chi connectivity index (χ2n) is 9.91. The van der Waals surface area contributed by atoms with Crippen LogP contribution < -0.4 is 20.1 Å². The van der Waals surface area contributed by atoms with Gasteiger partial charge in [0.25, 0.3) is 0 Å². The molecule has 42 heavy (non-hydrogen) atoms.